The Morgan fingerprint density at radius 2 is 0.435 bits per heavy atom. The van der Waals surface area contributed by atoms with E-state index in [1.165, 1.54) is 66.1 Å². The maximum Gasteiger partial charge on any atom is 0.104 e. The minimum absolute atomic E-state index is 0.592. The molecule has 13 rings (SSSR count). The number of rotatable bonds is 4. The lowest BCUT2D eigenvalue weighted by Gasteiger charge is -2.28. The van der Waals surface area contributed by atoms with Crippen LogP contribution in [0.2, 0.25) is 0 Å². The van der Waals surface area contributed by atoms with E-state index in [0.29, 0.717) is 5.56 Å². The summed E-state index contributed by atoms with van der Waals surface area (Å²) in [6.07, 6.45) is 0. The summed E-state index contributed by atoms with van der Waals surface area (Å²) in [7, 11) is 0. The van der Waals surface area contributed by atoms with E-state index in [1.54, 1.807) is 0 Å². The average Bonchev–Trinajstić information content (AvgIpc) is 4.02. The molecule has 0 N–H and O–H groups in total. The van der Waals surface area contributed by atoms with Crippen LogP contribution >= 0.6 is 0 Å². The number of aryl methyl sites for hydroxylation is 8. The van der Waals surface area contributed by atoms with Gasteiger partial charge in [0.05, 0.1) is 66.9 Å². The lowest BCUT2D eigenvalue weighted by molar-refractivity contribution is 1.01. The number of nitrogens with zero attached hydrogens (tertiary/aromatic N) is 5. The first-order valence-corrected chi connectivity index (χ1v) is 24.1. The van der Waals surface area contributed by atoms with Gasteiger partial charge in [-0.05, 0) is 159 Å². The van der Waals surface area contributed by atoms with Gasteiger partial charge in [0.25, 0.3) is 0 Å². The number of aromatic nitrogens is 4. The second-order valence-corrected chi connectivity index (χ2v) is 20.0. The second kappa shape index (κ2) is 14.6. The fourth-order valence-corrected chi connectivity index (χ4v) is 11.9. The van der Waals surface area contributed by atoms with Gasteiger partial charge in [-0.15, -0.1) is 0 Å². The number of benzene rings is 9. The molecule has 0 aliphatic rings. The third-order valence-corrected chi connectivity index (χ3v) is 14.9. The van der Waals surface area contributed by atoms with E-state index in [4.69, 9.17) is 0 Å². The highest BCUT2D eigenvalue weighted by Crippen LogP contribution is 2.49. The Labute approximate surface area is 401 Å². The number of hydrogen-bond donors (Lipinski definition) is 0. The van der Waals surface area contributed by atoms with E-state index in [-0.39, 0.29) is 0 Å². The van der Waals surface area contributed by atoms with E-state index in [1.807, 2.05) is 0 Å². The zero-order valence-corrected chi connectivity index (χ0v) is 40.6. The molecule has 13 aromatic rings. The molecule has 0 aliphatic carbocycles. The van der Waals surface area contributed by atoms with Crippen LogP contribution < -0.4 is 0 Å². The van der Waals surface area contributed by atoms with Crippen molar-refractivity contribution in [2.45, 2.75) is 62.3 Å². The molecular formula is C64H51N5. The standard InChI is InChI=1S/C64H51N5/c1-35-10-18-53-44(26-35)45-27-36(2)11-19-54(45)66(53)61-43(9)62(67-55-20-12-37(3)28-46(55)47-29-38(4)13-21-56(47)67)64(69-59-24-16-41(7)32-50(59)51-33-42(8)17-25-60(51)69)52(34-65)63(61)68-57-22-14-39(5)30-48(57)49-31-40(6)15-23-58(49)68/h10-33H,1-9H3. The van der Waals surface area contributed by atoms with Gasteiger partial charge in [0.15, 0.2) is 0 Å². The average molecular weight is 890 g/mol. The van der Waals surface area contributed by atoms with Crippen LogP contribution in [0.25, 0.3) is 110 Å². The molecule has 4 aromatic heterocycles. The fraction of sp³-hybridized carbons (Fsp3) is 0.141. The van der Waals surface area contributed by atoms with Crippen LogP contribution in [-0.4, -0.2) is 18.3 Å². The zero-order chi connectivity index (χ0) is 47.3. The van der Waals surface area contributed by atoms with Crippen molar-refractivity contribution < 1.29 is 0 Å². The Morgan fingerprint density at radius 1 is 0.261 bits per heavy atom. The minimum atomic E-state index is 0.592. The molecule has 4 heterocycles. The van der Waals surface area contributed by atoms with Crippen molar-refractivity contribution in [1.82, 2.24) is 18.3 Å². The third-order valence-electron chi connectivity index (χ3n) is 14.9. The van der Waals surface area contributed by atoms with E-state index < -0.39 is 0 Å². The summed E-state index contributed by atoms with van der Waals surface area (Å²) in [5.74, 6) is 0. The Hall–Kier alpha value is -8.33. The van der Waals surface area contributed by atoms with Gasteiger partial charge in [-0.2, -0.15) is 5.26 Å². The van der Waals surface area contributed by atoms with Crippen molar-refractivity contribution in [3.05, 3.63) is 201 Å². The Balaban J connectivity index is 1.37. The van der Waals surface area contributed by atoms with Gasteiger partial charge in [0.1, 0.15) is 11.6 Å². The minimum Gasteiger partial charge on any atom is -0.307 e. The quantitative estimate of drug-likeness (QED) is 0.174. The van der Waals surface area contributed by atoms with Crippen LogP contribution in [0.3, 0.4) is 0 Å². The highest BCUT2D eigenvalue weighted by molar-refractivity contribution is 6.16. The van der Waals surface area contributed by atoms with Crippen molar-refractivity contribution >= 4 is 87.2 Å². The Kier molecular flexibility index (Phi) is 8.65. The number of fused-ring (bicyclic) bond motifs is 12. The molecule has 0 aliphatic heterocycles. The van der Waals surface area contributed by atoms with E-state index >= 15 is 0 Å². The van der Waals surface area contributed by atoms with Crippen molar-refractivity contribution in [3.8, 4) is 28.8 Å². The van der Waals surface area contributed by atoms with E-state index in [2.05, 4.69) is 232 Å². The molecule has 0 saturated heterocycles. The largest absolute Gasteiger partial charge is 0.307 e. The van der Waals surface area contributed by atoms with Gasteiger partial charge in [0, 0.05) is 48.7 Å². The van der Waals surface area contributed by atoms with Crippen molar-refractivity contribution in [3.63, 3.8) is 0 Å². The SMILES string of the molecule is Cc1ccc2c(c1)c1cc(C)ccc1n2-c1c(C)c(-n2c3ccc(C)cc3c3cc(C)ccc32)c(-n2c3ccc(C)cc3c3cc(C)ccc32)c(C#N)c1-n1c2ccc(C)cc2c2cc(C)ccc21. The molecule has 69 heavy (non-hydrogen) atoms. The third kappa shape index (κ3) is 5.76. The zero-order valence-electron chi connectivity index (χ0n) is 40.6. The molecule has 0 saturated carbocycles. The summed E-state index contributed by atoms with van der Waals surface area (Å²) in [5, 5.41) is 22.0. The predicted molar refractivity (Wildman–Crippen MR) is 291 cm³/mol. The van der Waals surface area contributed by atoms with Gasteiger partial charge >= 0.3 is 0 Å². The van der Waals surface area contributed by atoms with Crippen LogP contribution in [0.5, 0.6) is 0 Å². The lowest BCUT2D eigenvalue weighted by atomic mass is 9.99. The van der Waals surface area contributed by atoms with Crippen molar-refractivity contribution in [2.24, 2.45) is 0 Å². The first kappa shape index (κ1) is 40.9. The first-order valence-electron chi connectivity index (χ1n) is 24.1. The second-order valence-electron chi connectivity index (χ2n) is 20.0. The molecule has 0 radical (unpaired) electrons. The molecule has 0 amide bonds. The van der Waals surface area contributed by atoms with Crippen LogP contribution in [0.1, 0.15) is 55.6 Å². The van der Waals surface area contributed by atoms with Gasteiger partial charge in [-0.1, -0.05) is 93.0 Å². The predicted octanol–water partition coefficient (Wildman–Crippen LogP) is 16.7. The van der Waals surface area contributed by atoms with E-state index in [0.717, 1.165) is 94.0 Å². The first-order chi connectivity index (χ1) is 33.4. The molecule has 0 atom stereocenters. The van der Waals surface area contributed by atoms with Crippen LogP contribution in [0.15, 0.2) is 146 Å². The smallest absolute Gasteiger partial charge is 0.104 e. The maximum absolute atomic E-state index is 12.6. The number of hydrogen-bond acceptors (Lipinski definition) is 1. The Bertz CT molecular complexity index is 3960. The molecular weight excluding hydrogens is 839 g/mol. The van der Waals surface area contributed by atoms with Crippen molar-refractivity contribution in [2.75, 3.05) is 0 Å². The van der Waals surface area contributed by atoms with Gasteiger partial charge in [-0.3, -0.25) is 0 Å². The topological polar surface area (TPSA) is 43.5 Å². The molecule has 332 valence electrons. The van der Waals surface area contributed by atoms with Gasteiger partial charge in [0.2, 0.25) is 0 Å². The summed E-state index contributed by atoms with van der Waals surface area (Å²) in [6.45, 7) is 19.7. The normalized spacial score (nSPS) is 12.1. The molecule has 5 nitrogen and oxygen atoms in total. The highest BCUT2D eigenvalue weighted by Gasteiger charge is 2.33. The van der Waals surface area contributed by atoms with Crippen LogP contribution in [0, 0.1) is 73.6 Å². The molecule has 0 unspecified atom stereocenters. The van der Waals surface area contributed by atoms with Crippen LogP contribution in [0.4, 0.5) is 0 Å². The molecule has 0 fully saturated rings. The number of nitriles is 1. The highest BCUT2D eigenvalue weighted by atomic mass is 15.1. The molecule has 0 bridgehead atoms. The monoisotopic (exact) mass is 889 g/mol. The van der Waals surface area contributed by atoms with Gasteiger partial charge < -0.3 is 18.3 Å². The summed E-state index contributed by atoms with van der Waals surface area (Å²) >= 11 is 0. The lowest BCUT2D eigenvalue weighted by Crippen LogP contribution is -2.16. The molecule has 0 spiro atoms. The van der Waals surface area contributed by atoms with E-state index in [9.17, 15) is 5.26 Å². The fourth-order valence-electron chi connectivity index (χ4n) is 11.9. The summed E-state index contributed by atoms with van der Waals surface area (Å²) in [4.78, 5) is 0. The summed E-state index contributed by atoms with van der Waals surface area (Å²) in [6, 6.07) is 57.5. The summed E-state index contributed by atoms with van der Waals surface area (Å²) in [5.41, 5.74) is 23.5. The molecule has 9 aromatic carbocycles. The summed E-state index contributed by atoms with van der Waals surface area (Å²) < 4.78 is 9.78. The van der Waals surface area contributed by atoms with Crippen molar-refractivity contribution in [1.29, 1.82) is 5.26 Å². The maximum atomic E-state index is 12.6. The van der Waals surface area contributed by atoms with Gasteiger partial charge in [-0.25, -0.2) is 0 Å². The molecule has 5 heteroatoms. The van der Waals surface area contributed by atoms with Crippen LogP contribution in [-0.2, 0) is 0 Å². The Morgan fingerprint density at radius 3 is 0.609 bits per heavy atom.